The van der Waals surface area contributed by atoms with Gasteiger partial charge in [-0.3, -0.25) is 4.79 Å². The number of aliphatic hydroxyl groups excluding tert-OH is 5. The molecule has 0 saturated carbocycles. The molecule has 0 aliphatic carbocycles. The van der Waals surface area contributed by atoms with Gasteiger partial charge in [0.25, 0.3) is 0 Å². The number of hydrogen-bond acceptors (Lipinski definition) is 15. The number of phenolic OH excluding ortho intramolecular Hbond substituents is 3. The summed E-state index contributed by atoms with van der Waals surface area (Å²) in [7, 11) is 0. The number of fused-ring (bicyclic) bond motifs is 1. The van der Waals surface area contributed by atoms with E-state index in [1.807, 2.05) is 0 Å². The van der Waals surface area contributed by atoms with Crippen LogP contribution in [-0.4, -0.2) is 114 Å². The van der Waals surface area contributed by atoms with E-state index in [0.717, 1.165) is 12.1 Å². The predicted molar refractivity (Wildman–Crippen MR) is 134 cm³/mol. The van der Waals surface area contributed by atoms with Gasteiger partial charge in [0, 0.05) is 17.7 Å². The number of ether oxygens (including phenoxy) is 4. The number of benzene rings is 2. The van der Waals surface area contributed by atoms with Crippen LogP contribution >= 0.6 is 0 Å². The molecule has 2 aliphatic rings. The van der Waals surface area contributed by atoms with Crippen LogP contribution < -0.4 is 10.2 Å². The first-order valence-corrected chi connectivity index (χ1v) is 12.4. The van der Waals surface area contributed by atoms with E-state index in [9.17, 15) is 50.8 Å². The van der Waals surface area contributed by atoms with Gasteiger partial charge in [0.1, 0.15) is 58.2 Å². The van der Waals surface area contributed by atoms with E-state index < -0.39 is 96.6 Å². The highest BCUT2D eigenvalue weighted by Gasteiger charge is 2.53. The van der Waals surface area contributed by atoms with Crippen molar-refractivity contribution in [2.45, 2.75) is 48.7 Å². The summed E-state index contributed by atoms with van der Waals surface area (Å²) in [6.45, 7) is -2.23. The molecule has 9 N–H and O–H groups in total. The Morgan fingerprint density at radius 1 is 0.951 bits per heavy atom. The van der Waals surface area contributed by atoms with Gasteiger partial charge < -0.3 is 69.3 Å². The molecule has 3 aromatic rings. The van der Waals surface area contributed by atoms with Crippen molar-refractivity contribution in [2.75, 3.05) is 19.8 Å². The summed E-state index contributed by atoms with van der Waals surface area (Å²) in [6, 6.07) is 7.30. The maximum Gasteiger partial charge on any atom is 0.239 e. The van der Waals surface area contributed by atoms with Crippen molar-refractivity contribution in [3.63, 3.8) is 0 Å². The van der Waals surface area contributed by atoms with Gasteiger partial charge >= 0.3 is 0 Å². The van der Waals surface area contributed by atoms with Crippen molar-refractivity contribution < 1.29 is 69.3 Å². The normalized spacial score (nSPS) is 31.9. The van der Waals surface area contributed by atoms with E-state index in [0.29, 0.717) is 0 Å². The van der Waals surface area contributed by atoms with E-state index in [1.165, 1.54) is 24.3 Å². The second kappa shape index (κ2) is 11.1. The molecule has 3 heterocycles. The Morgan fingerprint density at radius 2 is 1.66 bits per heavy atom. The third-order valence-corrected chi connectivity index (χ3v) is 6.98. The van der Waals surface area contributed by atoms with Gasteiger partial charge in [0.2, 0.25) is 17.5 Å². The van der Waals surface area contributed by atoms with Gasteiger partial charge in [-0.05, 0) is 24.3 Å². The molecule has 15 heteroatoms. The van der Waals surface area contributed by atoms with Gasteiger partial charge in [0.05, 0.1) is 19.8 Å². The fourth-order valence-corrected chi connectivity index (χ4v) is 4.65. The number of rotatable bonds is 7. The number of phenols is 3. The van der Waals surface area contributed by atoms with Crippen molar-refractivity contribution in [1.29, 1.82) is 0 Å². The van der Waals surface area contributed by atoms with Crippen LogP contribution in [0.15, 0.2) is 45.6 Å². The van der Waals surface area contributed by atoms with Crippen LogP contribution in [0.25, 0.3) is 22.3 Å². The van der Waals surface area contributed by atoms with E-state index in [4.69, 9.17) is 23.4 Å². The fraction of sp³-hybridized carbons (Fsp3) is 0.423. The molecule has 0 spiro atoms. The molecule has 8 atom stereocenters. The molecule has 15 nitrogen and oxygen atoms in total. The average molecular weight is 580 g/mol. The Labute approximate surface area is 230 Å². The number of hydrogen-bond donors (Lipinski definition) is 9. The largest absolute Gasteiger partial charge is 0.508 e. The fourth-order valence-electron chi connectivity index (χ4n) is 4.65. The molecule has 0 amide bonds. The van der Waals surface area contributed by atoms with Gasteiger partial charge in [0.15, 0.2) is 18.2 Å². The minimum absolute atomic E-state index is 0.112. The third kappa shape index (κ3) is 5.19. The first-order chi connectivity index (χ1) is 19.5. The van der Waals surface area contributed by atoms with Crippen molar-refractivity contribution in [2.24, 2.45) is 0 Å². The quantitative estimate of drug-likeness (QED) is 0.150. The van der Waals surface area contributed by atoms with Gasteiger partial charge in [-0.1, -0.05) is 0 Å². The van der Waals surface area contributed by atoms with Crippen LogP contribution in [0, 0.1) is 0 Å². The number of aromatic hydroxyl groups is 3. The van der Waals surface area contributed by atoms with Gasteiger partial charge in [-0.2, -0.15) is 0 Å². The molecule has 2 fully saturated rings. The Kier molecular flexibility index (Phi) is 7.82. The molecule has 2 saturated heterocycles. The van der Waals surface area contributed by atoms with Crippen LogP contribution in [-0.2, 0) is 14.2 Å². The molecule has 0 bridgehead atoms. The lowest BCUT2D eigenvalue weighted by Gasteiger charge is -2.42. The minimum Gasteiger partial charge on any atom is -0.508 e. The average Bonchev–Trinajstić information content (AvgIpc) is 3.22. The molecular weight excluding hydrogens is 552 g/mol. The summed E-state index contributed by atoms with van der Waals surface area (Å²) in [5, 5.41) is 90.9. The van der Waals surface area contributed by atoms with Crippen molar-refractivity contribution in [1.82, 2.24) is 0 Å². The SMILES string of the molecule is O=c1c(O[C@@H]2OC(CO)[C@@H](O)C(O)C2O[C@@H]2OCC(O)(CO)[C@@H]2O)c(-c2ccc(O)cc2)oc2cc(O)cc(O)c12. The third-order valence-electron chi connectivity index (χ3n) is 6.98. The van der Waals surface area contributed by atoms with Crippen molar-refractivity contribution in [3.8, 4) is 34.3 Å². The lowest BCUT2D eigenvalue weighted by atomic mass is 9.98. The Balaban J connectivity index is 1.60. The number of aliphatic hydroxyl groups is 6. The highest BCUT2D eigenvalue weighted by Crippen LogP contribution is 2.38. The van der Waals surface area contributed by atoms with E-state index in [1.54, 1.807) is 0 Å². The molecule has 2 aliphatic heterocycles. The van der Waals surface area contributed by atoms with Crippen molar-refractivity contribution in [3.05, 3.63) is 46.6 Å². The van der Waals surface area contributed by atoms with Crippen LogP contribution in [0.2, 0.25) is 0 Å². The molecule has 2 aromatic carbocycles. The second-order valence-electron chi connectivity index (χ2n) is 9.79. The van der Waals surface area contributed by atoms with E-state index >= 15 is 0 Å². The molecule has 1 aromatic heterocycles. The van der Waals surface area contributed by atoms with E-state index in [-0.39, 0.29) is 22.7 Å². The van der Waals surface area contributed by atoms with Gasteiger partial charge in [-0.15, -0.1) is 0 Å². The Hall–Kier alpha value is -3.51. The molecule has 5 rings (SSSR count). The van der Waals surface area contributed by atoms with Gasteiger partial charge in [-0.25, -0.2) is 0 Å². The summed E-state index contributed by atoms with van der Waals surface area (Å²) >= 11 is 0. The van der Waals surface area contributed by atoms with Crippen molar-refractivity contribution >= 4 is 11.0 Å². The summed E-state index contributed by atoms with van der Waals surface area (Å²) < 4.78 is 28.1. The van der Waals surface area contributed by atoms with E-state index in [2.05, 4.69) is 0 Å². The van der Waals surface area contributed by atoms with Crippen LogP contribution in [0.3, 0.4) is 0 Å². The topological polar surface area (TPSA) is 249 Å². The monoisotopic (exact) mass is 580 g/mol. The minimum atomic E-state index is -2.09. The summed E-state index contributed by atoms with van der Waals surface area (Å²) in [5.74, 6) is -2.03. The zero-order valence-electron chi connectivity index (χ0n) is 21.1. The molecular formula is C26H28O15. The molecule has 222 valence electrons. The smallest absolute Gasteiger partial charge is 0.239 e. The van der Waals surface area contributed by atoms with Crippen LogP contribution in [0.4, 0.5) is 0 Å². The van der Waals surface area contributed by atoms with Crippen LogP contribution in [0.5, 0.6) is 23.0 Å². The highest BCUT2D eigenvalue weighted by atomic mass is 16.8. The summed E-state index contributed by atoms with van der Waals surface area (Å²) in [4.78, 5) is 13.7. The lowest BCUT2D eigenvalue weighted by molar-refractivity contribution is -0.319. The highest BCUT2D eigenvalue weighted by molar-refractivity contribution is 5.88. The molecule has 41 heavy (non-hydrogen) atoms. The van der Waals surface area contributed by atoms with Crippen LogP contribution in [0.1, 0.15) is 0 Å². The maximum absolute atomic E-state index is 13.7. The maximum atomic E-state index is 13.7. The first-order valence-electron chi connectivity index (χ1n) is 12.4. The summed E-state index contributed by atoms with van der Waals surface area (Å²) in [6.07, 6.45) is -12.0. The first kappa shape index (κ1) is 29.0. The molecule has 0 radical (unpaired) electrons. The Morgan fingerprint density at radius 3 is 2.29 bits per heavy atom. The zero-order chi connectivity index (χ0) is 29.6. The lowest BCUT2D eigenvalue weighted by Crippen LogP contribution is -2.62. The summed E-state index contributed by atoms with van der Waals surface area (Å²) in [5.41, 5.74) is -3.09. The predicted octanol–water partition coefficient (Wildman–Crippen LogP) is -1.78. The second-order valence-corrected chi connectivity index (χ2v) is 9.79. The Bertz CT molecular complexity index is 1460. The zero-order valence-corrected chi connectivity index (χ0v) is 21.1. The molecule has 4 unspecified atom stereocenters. The standard InChI is InChI=1S/C26H28O15/c27-7-15-17(32)19(34)22(41-25-23(35)26(36,8-28)9-37-25)24(39-15)40-21-18(33)16-13(31)5-12(30)6-14(16)38-20(21)10-1-3-11(29)4-2-10/h1-6,15,17,19,22-25,27-32,34-36H,7-9H2/t15?,17-,19?,22?,23-,24+,25+,26?/m1/s1.